The first-order valence-corrected chi connectivity index (χ1v) is 8.01. The van der Waals surface area contributed by atoms with Gasteiger partial charge < -0.3 is 20.1 Å². The van der Waals surface area contributed by atoms with Crippen LogP contribution in [0.4, 0.5) is 0 Å². The Kier molecular flexibility index (Phi) is 6.76. The first kappa shape index (κ1) is 15.7. The average Bonchev–Trinajstić information content (AvgIpc) is 2.94. The number of carbonyl (C=O) groups excluding carboxylic acids is 1. The lowest BCUT2D eigenvalue weighted by Gasteiger charge is -2.23. The van der Waals surface area contributed by atoms with Gasteiger partial charge in [-0.15, -0.1) is 0 Å². The third-order valence-electron chi connectivity index (χ3n) is 4.11. The van der Waals surface area contributed by atoms with E-state index in [-0.39, 0.29) is 17.9 Å². The molecule has 2 fully saturated rings. The van der Waals surface area contributed by atoms with Gasteiger partial charge >= 0.3 is 0 Å². The van der Waals surface area contributed by atoms with E-state index in [0.717, 1.165) is 32.4 Å². The molecule has 2 heterocycles. The van der Waals surface area contributed by atoms with Gasteiger partial charge in [-0.25, -0.2) is 0 Å². The number of hydrogen-bond donors (Lipinski definition) is 2. The van der Waals surface area contributed by atoms with Crippen LogP contribution in [0.15, 0.2) is 0 Å². The molecule has 2 rings (SSSR count). The summed E-state index contributed by atoms with van der Waals surface area (Å²) in [6.07, 6.45) is 5.88. The van der Waals surface area contributed by atoms with Gasteiger partial charge in [-0.05, 0) is 38.6 Å². The van der Waals surface area contributed by atoms with Crippen LogP contribution in [0.2, 0.25) is 0 Å². The van der Waals surface area contributed by atoms with E-state index < -0.39 is 0 Å². The Hall–Kier alpha value is -0.650. The van der Waals surface area contributed by atoms with Gasteiger partial charge in [0.25, 0.3) is 0 Å². The summed E-state index contributed by atoms with van der Waals surface area (Å²) in [6, 6.07) is 0.167. The zero-order valence-corrected chi connectivity index (χ0v) is 12.5. The zero-order valence-electron chi connectivity index (χ0n) is 12.5. The lowest BCUT2D eigenvalue weighted by molar-refractivity contribution is -0.125. The number of amides is 1. The molecule has 0 bridgehead atoms. The molecule has 0 spiro atoms. The van der Waals surface area contributed by atoms with Crippen LogP contribution in [0, 0.1) is 5.92 Å². The van der Waals surface area contributed by atoms with Gasteiger partial charge in [0.1, 0.15) is 0 Å². The topological polar surface area (TPSA) is 59.6 Å². The summed E-state index contributed by atoms with van der Waals surface area (Å²) in [6.45, 7) is 5.82. The average molecular weight is 284 g/mol. The summed E-state index contributed by atoms with van der Waals surface area (Å²) < 4.78 is 11.1. The first-order chi connectivity index (χ1) is 9.81. The standard InChI is InChI=1S/C15H28N2O3/c1-2-7-16-14-11-19-10-13(14)15(18)17-8-6-12-5-3-4-9-20-12/h12-14,16H,2-11H2,1H3,(H,17,18). The quantitative estimate of drug-likeness (QED) is 0.734. The normalized spacial score (nSPS) is 30.4. The number of hydrogen-bond acceptors (Lipinski definition) is 4. The SMILES string of the molecule is CCCNC1COCC1C(=O)NCCC1CCCCO1. The molecule has 0 aromatic heterocycles. The molecule has 3 unspecified atom stereocenters. The molecule has 3 atom stereocenters. The second-order valence-corrected chi connectivity index (χ2v) is 5.77. The van der Waals surface area contributed by atoms with Crippen molar-refractivity contribution in [2.24, 2.45) is 5.92 Å². The van der Waals surface area contributed by atoms with Crippen molar-refractivity contribution in [2.45, 2.75) is 51.2 Å². The van der Waals surface area contributed by atoms with E-state index in [4.69, 9.17) is 9.47 Å². The Labute approximate surface area is 121 Å². The van der Waals surface area contributed by atoms with Gasteiger partial charge in [0.2, 0.25) is 5.91 Å². The molecule has 5 heteroatoms. The summed E-state index contributed by atoms with van der Waals surface area (Å²) >= 11 is 0. The molecule has 1 amide bonds. The van der Waals surface area contributed by atoms with Crippen molar-refractivity contribution >= 4 is 5.91 Å². The first-order valence-electron chi connectivity index (χ1n) is 8.01. The molecular formula is C15H28N2O3. The van der Waals surface area contributed by atoms with Crippen molar-refractivity contribution in [3.8, 4) is 0 Å². The van der Waals surface area contributed by atoms with Crippen LogP contribution in [-0.4, -0.2) is 51.0 Å². The lowest BCUT2D eigenvalue weighted by Crippen LogP contribution is -2.44. The molecule has 0 aromatic rings. The predicted molar refractivity (Wildman–Crippen MR) is 77.6 cm³/mol. The monoisotopic (exact) mass is 284 g/mol. The van der Waals surface area contributed by atoms with Crippen molar-refractivity contribution in [2.75, 3.05) is 32.9 Å². The highest BCUT2D eigenvalue weighted by Crippen LogP contribution is 2.16. The van der Waals surface area contributed by atoms with Gasteiger partial charge in [0.05, 0.1) is 25.2 Å². The maximum atomic E-state index is 12.2. The number of nitrogens with one attached hydrogen (secondary N) is 2. The van der Waals surface area contributed by atoms with Crippen LogP contribution in [0.5, 0.6) is 0 Å². The third-order valence-corrected chi connectivity index (χ3v) is 4.11. The Balaban J connectivity index is 1.65. The number of carbonyl (C=O) groups is 1. The second kappa shape index (κ2) is 8.60. The highest BCUT2D eigenvalue weighted by molar-refractivity contribution is 5.79. The summed E-state index contributed by atoms with van der Waals surface area (Å²) in [5, 5.41) is 6.43. The van der Waals surface area contributed by atoms with Crippen LogP contribution in [0.25, 0.3) is 0 Å². The minimum Gasteiger partial charge on any atom is -0.379 e. The fourth-order valence-corrected chi connectivity index (χ4v) is 2.87. The fraction of sp³-hybridized carbons (Fsp3) is 0.933. The molecule has 2 aliphatic heterocycles. The minimum atomic E-state index is -0.0474. The van der Waals surface area contributed by atoms with E-state index in [9.17, 15) is 4.79 Å². The number of ether oxygens (including phenoxy) is 2. The maximum Gasteiger partial charge on any atom is 0.227 e. The molecule has 0 aromatic carbocycles. The summed E-state index contributed by atoms with van der Waals surface area (Å²) in [4.78, 5) is 12.2. The van der Waals surface area contributed by atoms with E-state index in [1.807, 2.05) is 0 Å². The molecule has 0 saturated carbocycles. The Morgan fingerprint density at radius 1 is 1.25 bits per heavy atom. The molecule has 2 N–H and O–H groups in total. The smallest absolute Gasteiger partial charge is 0.227 e. The van der Waals surface area contributed by atoms with E-state index in [1.165, 1.54) is 12.8 Å². The van der Waals surface area contributed by atoms with Gasteiger partial charge in [-0.1, -0.05) is 6.92 Å². The molecule has 0 aliphatic carbocycles. The highest BCUT2D eigenvalue weighted by Gasteiger charge is 2.33. The fourth-order valence-electron chi connectivity index (χ4n) is 2.87. The zero-order chi connectivity index (χ0) is 14.2. The van der Waals surface area contributed by atoms with Gasteiger partial charge in [-0.2, -0.15) is 0 Å². The Morgan fingerprint density at radius 2 is 2.15 bits per heavy atom. The summed E-state index contributed by atoms with van der Waals surface area (Å²) in [5.41, 5.74) is 0. The number of rotatable bonds is 7. The van der Waals surface area contributed by atoms with E-state index in [2.05, 4.69) is 17.6 Å². The second-order valence-electron chi connectivity index (χ2n) is 5.77. The third kappa shape index (κ3) is 4.72. The minimum absolute atomic E-state index is 0.0474. The van der Waals surface area contributed by atoms with Crippen LogP contribution < -0.4 is 10.6 Å². The molecule has 0 radical (unpaired) electrons. The highest BCUT2D eigenvalue weighted by atomic mass is 16.5. The molecule has 116 valence electrons. The van der Waals surface area contributed by atoms with Gasteiger partial charge in [0.15, 0.2) is 0 Å². The van der Waals surface area contributed by atoms with Gasteiger partial charge in [-0.3, -0.25) is 4.79 Å². The lowest BCUT2D eigenvalue weighted by atomic mass is 10.0. The van der Waals surface area contributed by atoms with E-state index in [1.54, 1.807) is 0 Å². The van der Waals surface area contributed by atoms with Crippen molar-refractivity contribution in [1.29, 1.82) is 0 Å². The van der Waals surface area contributed by atoms with Crippen LogP contribution in [0.3, 0.4) is 0 Å². The van der Waals surface area contributed by atoms with Gasteiger partial charge in [0, 0.05) is 19.2 Å². The van der Waals surface area contributed by atoms with Crippen molar-refractivity contribution in [3.05, 3.63) is 0 Å². The summed E-state index contributed by atoms with van der Waals surface area (Å²) in [7, 11) is 0. The van der Waals surface area contributed by atoms with Crippen LogP contribution in [-0.2, 0) is 14.3 Å². The van der Waals surface area contributed by atoms with Crippen LogP contribution in [0.1, 0.15) is 39.0 Å². The van der Waals surface area contributed by atoms with Crippen molar-refractivity contribution in [1.82, 2.24) is 10.6 Å². The maximum absolute atomic E-state index is 12.2. The van der Waals surface area contributed by atoms with E-state index in [0.29, 0.717) is 25.9 Å². The Bertz CT molecular complexity index is 293. The van der Waals surface area contributed by atoms with E-state index >= 15 is 0 Å². The predicted octanol–water partition coefficient (Wildman–Crippen LogP) is 1.08. The Morgan fingerprint density at radius 3 is 2.90 bits per heavy atom. The van der Waals surface area contributed by atoms with Crippen molar-refractivity contribution < 1.29 is 14.3 Å². The molecule has 2 aliphatic rings. The molecule has 2 saturated heterocycles. The summed E-state index contributed by atoms with van der Waals surface area (Å²) in [5.74, 6) is 0.0701. The van der Waals surface area contributed by atoms with Crippen molar-refractivity contribution in [3.63, 3.8) is 0 Å². The largest absolute Gasteiger partial charge is 0.379 e. The molecule has 5 nitrogen and oxygen atoms in total. The molecule has 20 heavy (non-hydrogen) atoms. The molecular weight excluding hydrogens is 256 g/mol. The van der Waals surface area contributed by atoms with Crippen LogP contribution >= 0.6 is 0 Å².